The van der Waals surface area contributed by atoms with E-state index in [1.807, 2.05) is 24.3 Å². The smallest absolute Gasteiger partial charge is 0.215 e. The standard InChI is InChI=1S/C13H16N2O3S/c1-19-8-4-7-17-11-9-5-2-3-6-10(9)18-12(11)13(14)15-16/h2-3,5-6,16H,4,7-8H2,1H3,(H2,14,15). The van der Waals surface area contributed by atoms with Gasteiger partial charge in [-0.15, -0.1) is 0 Å². The third-order valence-corrected chi connectivity index (χ3v) is 3.33. The topological polar surface area (TPSA) is 81.0 Å². The van der Waals surface area contributed by atoms with Gasteiger partial charge in [-0.3, -0.25) is 0 Å². The lowest BCUT2D eigenvalue weighted by Gasteiger charge is -2.05. The van der Waals surface area contributed by atoms with Crippen LogP contribution >= 0.6 is 11.8 Å². The van der Waals surface area contributed by atoms with Crippen LogP contribution in [0.5, 0.6) is 5.75 Å². The highest BCUT2D eigenvalue weighted by molar-refractivity contribution is 7.98. The largest absolute Gasteiger partial charge is 0.489 e. The van der Waals surface area contributed by atoms with Crippen molar-refractivity contribution < 1.29 is 14.4 Å². The molecule has 0 radical (unpaired) electrons. The molecular formula is C13H16N2O3S. The van der Waals surface area contributed by atoms with E-state index in [0.29, 0.717) is 17.9 Å². The Morgan fingerprint density at radius 2 is 2.26 bits per heavy atom. The Morgan fingerprint density at radius 1 is 1.47 bits per heavy atom. The molecule has 0 atom stereocenters. The van der Waals surface area contributed by atoms with Crippen molar-refractivity contribution in [2.45, 2.75) is 6.42 Å². The Bertz CT molecular complexity index is 580. The van der Waals surface area contributed by atoms with E-state index in [4.69, 9.17) is 20.1 Å². The highest BCUT2D eigenvalue weighted by Crippen LogP contribution is 2.33. The van der Waals surface area contributed by atoms with Crippen LogP contribution in [0.3, 0.4) is 0 Å². The third kappa shape index (κ3) is 2.96. The Hall–Kier alpha value is -1.82. The Morgan fingerprint density at radius 3 is 3.00 bits per heavy atom. The second-order valence-corrected chi connectivity index (χ2v) is 4.92. The van der Waals surface area contributed by atoms with Gasteiger partial charge in [0.25, 0.3) is 0 Å². The number of amidine groups is 1. The van der Waals surface area contributed by atoms with Crippen molar-refractivity contribution >= 4 is 28.6 Å². The first-order valence-corrected chi connectivity index (χ1v) is 7.28. The monoisotopic (exact) mass is 280 g/mol. The number of hydrogen-bond donors (Lipinski definition) is 2. The molecule has 0 fully saturated rings. The van der Waals surface area contributed by atoms with Crippen LogP contribution in [0.25, 0.3) is 11.0 Å². The molecule has 0 unspecified atom stereocenters. The van der Waals surface area contributed by atoms with E-state index in [1.165, 1.54) is 0 Å². The van der Waals surface area contributed by atoms with Crippen molar-refractivity contribution in [3.8, 4) is 5.75 Å². The molecule has 5 nitrogen and oxygen atoms in total. The van der Waals surface area contributed by atoms with Gasteiger partial charge in [0.05, 0.1) is 12.0 Å². The maximum Gasteiger partial charge on any atom is 0.215 e. The van der Waals surface area contributed by atoms with Crippen molar-refractivity contribution in [3.05, 3.63) is 30.0 Å². The predicted octanol–water partition coefficient (Wildman–Crippen LogP) is 2.66. The molecule has 0 spiro atoms. The summed E-state index contributed by atoms with van der Waals surface area (Å²) in [6.45, 7) is 0.566. The second-order valence-electron chi connectivity index (χ2n) is 3.94. The zero-order valence-corrected chi connectivity index (χ0v) is 11.4. The summed E-state index contributed by atoms with van der Waals surface area (Å²) in [6.07, 6.45) is 2.98. The van der Waals surface area contributed by atoms with E-state index in [2.05, 4.69) is 11.4 Å². The number of ether oxygens (including phenoxy) is 1. The number of thioether (sulfide) groups is 1. The molecule has 2 aromatic rings. The highest BCUT2D eigenvalue weighted by Gasteiger charge is 2.18. The molecule has 102 valence electrons. The van der Waals surface area contributed by atoms with E-state index in [1.54, 1.807) is 11.8 Å². The average molecular weight is 280 g/mol. The number of para-hydroxylation sites is 1. The normalized spacial score (nSPS) is 11.9. The lowest BCUT2D eigenvalue weighted by molar-refractivity contribution is 0.308. The fraction of sp³-hybridized carbons (Fsp3) is 0.308. The zero-order valence-electron chi connectivity index (χ0n) is 10.6. The Labute approximate surface area is 115 Å². The van der Waals surface area contributed by atoms with Crippen LogP contribution in [0.15, 0.2) is 33.8 Å². The molecule has 0 bridgehead atoms. The van der Waals surface area contributed by atoms with Gasteiger partial charge in [-0.05, 0) is 30.6 Å². The van der Waals surface area contributed by atoms with Crippen LogP contribution in [0, 0.1) is 0 Å². The molecule has 0 saturated heterocycles. The van der Waals surface area contributed by atoms with Gasteiger partial charge >= 0.3 is 0 Å². The van der Waals surface area contributed by atoms with Gasteiger partial charge in [-0.1, -0.05) is 17.3 Å². The summed E-state index contributed by atoms with van der Waals surface area (Å²) < 4.78 is 11.3. The number of nitrogens with zero attached hydrogens (tertiary/aromatic N) is 1. The molecule has 0 amide bonds. The fourth-order valence-corrected chi connectivity index (χ4v) is 2.16. The van der Waals surface area contributed by atoms with Gasteiger partial charge < -0.3 is 20.1 Å². The fourth-order valence-electron chi connectivity index (χ4n) is 1.76. The SMILES string of the molecule is CSCCCOc1c(/C(N)=N/O)oc2ccccc12. The molecule has 6 heteroatoms. The molecule has 1 aromatic carbocycles. The van der Waals surface area contributed by atoms with E-state index in [-0.39, 0.29) is 11.6 Å². The zero-order chi connectivity index (χ0) is 13.7. The van der Waals surface area contributed by atoms with Crippen molar-refractivity contribution in [1.29, 1.82) is 0 Å². The number of nitrogens with two attached hydrogens (primary N) is 1. The Balaban J connectivity index is 2.32. The summed E-state index contributed by atoms with van der Waals surface area (Å²) >= 11 is 1.77. The van der Waals surface area contributed by atoms with Gasteiger partial charge in [0.2, 0.25) is 11.6 Å². The van der Waals surface area contributed by atoms with Crippen molar-refractivity contribution in [2.24, 2.45) is 10.9 Å². The molecule has 3 N–H and O–H groups in total. The number of hydrogen-bond acceptors (Lipinski definition) is 5. The highest BCUT2D eigenvalue weighted by atomic mass is 32.2. The number of rotatable bonds is 6. The van der Waals surface area contributed by atoms with Crippen LogP contribution in [0.4, 0.5) is 0 Å². The summed E-state index contributed by atoms with van der Waals surface area (Å²) in [4.78, 5) is 0. The van der Waals surface area contributed by atoms with Gasteiger partial charge in [0.15, 0.2) is 5.75 Å². The first-order valence-electron chi connectivity index (χ1n) is 5.89. The summed E-state index contributed by atoms with van der Waals surface area (Å²) in [5.41, 5.74) is 6.27. The molecule has 1 aromatic heterocycles. The number of fused-ring (bicyclic) bond motifs is 1. The molecule has 2 rings (SSSR count). The van der Waals surface area contributed by atoms with E-state index in [0.717, 1.165) is 17.6 Å². The number of oxime groups is 1. The van der Waals surface area contributed by atoms with Crippen LogP contribution in [-0.2, 0) is 0 Å². The minimum Gasteiger partial charge on any atom is -0.489 e. The summed E-state index contributed by atoms with van der Waals surface area (Å²) in [6, 6.07) is 7.46. The van der Waals surface area contributed by atoms with Crippen molar-refractivity contribution in [3.63, 3.8) is 0 Å². The van der Waals surface area contributed by atoms with Gasteiger partial charge in [-0.2, -0.15) is 11.8 Å². The minimum absolute atomic E-state index is 0.0870. The van der Waals surface area contributed by atoms with E-state index < -0.39 is 0 Å². The first kappa shape index (κ1) is 13.6. The maximum absolute atomic E-state index is 8.79. The van der Waals surface area contributed by atoms with Crippen molar-refractivity contribution in [1.82, 2.24) is 0 Å². The molecule has 1 heterocycles. The molecule has 0 aliphatic carbocycles. The lowest BCUT2D eigenvalue weighted by Crippen LogP contribution is -2.14. The summed E-state index contributed by atoms with van der Waals surface area (Å²) in [5, 5.41) is 12.6. The molecule has 0 aliphatic heterocycles. The minimum atomic E-state index is -0.0870. The van der Waals surface area contributed by atoms with E-state index >= 15 is 0 Å². The third-order valence-electron chi connectivity index (χ3n) is 2.63. The molecule has 0 saturated carbocycles. The summed E-state index contributed by atoms with van der Waals surface area (Å²) in [5.74, 6) is 1.74. The van der Waals surface area contributed by atoms with Gasteiger partial charge in [0, 0.05) is 0 Å². The lowest BCUT2D eigenvalue weighted by atomic mass is 10.2. The van der Waals surface area contributed by atoms with Gasteiger partial charge in [0.1, 0.15) is 5.58 Å². The van der Waals surface area contributed by atoms with Crippen LogP contribution in [0.1, 0.15) is 12.2 Å². The van der Waals surface area contributed by atoms with Gasteiger partial charge in [-0.25, -0.2) is 0 Å². The predicted molar refractivity (Wildman–Crippen MR) is 77.2 cm³/mol. The Kier molecular flexibility index (Phi) is 4.57. The maximum atomic E-state index is 8.79. The molecule has 19 heavy (non-hydrogen) atoms. The second kappa shape index (κ2) is 6.38. The number of benzene rings is 1. The van der Waals surface area contributed by atoms with Crippen LogP contribution in [0.2, 0.25) is 0 Å². The van der Waals surface area contributed by atoms with Crippen molar-refractivity contribution in [2.75, 3.05) is 18.6 Å². The van der Waals surface area contributed by atoms with Crippen LogP contribution < -0.4 is 10.5 Å². The van der Waals surface area contributed by atoms with Crippen LogP contribution in [-0.4, -0.2) is 29.7 Å². The molecular weight excluding hydrogens is 264 g/mol. The summed E-state index contributed by atoms with van der Waals surface area (Å²) in [7, 11) is 0. The molecule has 0 aliphatic rings. The number of furan rings is 1. The van der Waals surface area contributed by atoms with E-state index in [9.17, 15) is 0 Å². The first-order chi connectivity index (χ1) is 9.27. The average Bonchev–Trinajstić information content (AvgIpc) is 2.81. The quantitative estimate of drug-likeness (QED) is 0.279.